The van der Waals surface area contributed by atoms with E-state index in [9.17, 15) is 4.79 Å². The number of nitrogens with zero attached hydrogens (tertiary/aromatic N) is 1. The molecule has 2 aromatic rings. The number of hydrogen-bond donors (Lipinski definition) is 1. The van der Waals surface area contributed by atoms with E-state index in [4.69, 9.17) is 9.47 Å². The third-order valence-corrected chi connectivity index (χ3v) is 5.99. The first-order valence-electron chi connectivity index (χ1n) is 11.6. The van der Waals surface area contributed by atoms with Gasteiger partial charge < -0.3 is 19.7 Å². The third kappa shape index (κ3) is 7.04. The average Bonchev–Trinajstić information content (AvgIpc) is 2.82. The fraction of sp³-hybridized carbons (Fsp3) is 0.444. The topological polar surface area (TPSA) is 50.8 Å². The zero-order valence-electron chi connectivity index (χ0n) is 19.6. The van der Waals surface area contributed by atoms with Crippen molar-refractivity contribution in [1.82, 2.24) is 10.2 Å². The molecule has 1 aliphatic rings. The van der Waals surface area contributed by atoms with Crippen LogP contribution in [0, 0.1) is 0 Å². The Morgan fingerprint density at radius 3 is 2.44 bits per heavy atom. The molecule has 1 saturated carbocycles. The number of carbonyl (C=O) groups is 1. The number of hydrogen-bond acceptors (Lipinski definition) is 3. The molecule has 32 heavy (non-hydrogen) atoms. The highest BCUT2D eigenvalue weighted by Crippen LogP contribution is 2.28. The van der Waals surface area contributed by atoms with Gasteiger partial charge in [0.05, 0.1) is 14.2 Å². The second-order valence-corrected chi connectivity index (χ2v) is 8.55. The van der Waals surface area contributed by atoms with E-state index in [0.717, 1.165) is 36.0 Å². The van der Waals surface area contributed by atoms with Crippen molar-refractivity contribution in [2.24, 2.45) is 0 Å². The van der Waals surface area contributed by atoms with Crippen molar-refractivity contribution in [3.05, 3.63) is 65.2 Å². The molecule has 0 bridgehead atoms. The van der Waals surface area contributed by atoms with Crippen LogP contribution in [0.5, 0.6) is 11.5 Å². The molecule has 1 fully saturated rings. The summed E-state index contributed by atoms with van der Waals surface area (Å²) in [6.45, 7) is 3.32. The third-order valence-electron chi connectivity index (χ3n) is 5.99. The molecule has 0 aliphatic heterocycles. The molecule has 0 aromatic heterocycles. The number of benzene rings is 2. The fourth-order valence-corrected chi connectivity index (χ4v) is 4.25. The van der Waals surface area contributed by atoms with Crippen molar-refractivity contribution in [2.75, 3.05) is 27.3 Å². The van der Waals surface area contributed by atoms with Gasteiger partial charge in [0.2, 0.25) is 0 Å². The average molecular weight is 437 g/mol. The van der Waals surface area contributed by atoms with Gasteiger partial charge in [-0.1, -0.05) is 67.3 Å². The number of carbonyl (C=O) groups excluding carboxylic acids is 1. The molecule has 5 nitrogen and oxygen atoms in total. The lowest BCUT2D eigenvalue weighted by molar-refractivity contribution is 0.194. The first-order chi connectivity index (χ1) is 15.6. The normalized spacial score (nSPS) is 14.7. The first-order valence-corrected chi connectivity index (χ1v) is 11.6. The van der Waals surface area contributed by atoms with Crippen LogP contribution >= 0.6 is 0 Å². The standard InChI is InChI=1S/C27H36N2O3/c1-21(18-22-10-6-4-7-11-22)20-29(27(30)28-24-12-8-5-9-13-24)17-16-23-14-15-25(31-2)26(19-23)32-3/h4,6-7,10-11,14-15,18-19,24H,5,8-9,12-13,16-17,20H2,1-3H3,(H,28,30)/b21-18+. The van der Waals surface area contributed by atoms with E-state index in [0.29, 0.717) is 30.6 Å². The van der Waals surface area contributed by atoms with E-state index in [2.05, 4.69) is 30.4 Å². The van der Waals surface area contributed by atoms with Gasteiger partial charge in [0.15, 0.2) is 11.5 Å². The van der Waals surface area contributed by atoms with E-state index in [1.807, 2.05) is 41.3 Å². The molecule has 172 valence electrons. The Hall–Kier alpha value is -2.95. The lowest BCUT2D eigenvalue weighted by Gasteiger charge is -2.29. The molecule has 2 aromatic carbocycles. The largest absolute Gasteiger partial charge is 0.493 e. The van der Waals surface area contributed by atoms with E-state index in [1.165, 1.54) is 19.3 Å². The van der Waals surface area contributed by atoms with Gasteiger partial charge in [-0.05, 0) is 49.4 Å². The summed E-state index contributed by atoms with van der Waals surface area (Å²) < 4.78 is 10.8. The monoisotopic (exact) mass is 436 g/mol. The molecule has 0 radical (unpaired) electrons. The second kappa shape index (κ2) is 12.2. The Kier molecular flexibility index (Phi) is 9.02. The minimum absolute atomic E-state index is 0.0261. The van der Waals surface area contributed by atoms with Crippen LogP contribution in [0.15, 0.2) is 54.1 Å². The van der Waals surface area contributed by atoms with Crippen molar-refractivity contribution in [3.63, 3.8) is 0 Å². The van der Waals surface area contributed by atoms with Gasteiger partial charge in [-0.2, -0.15) is 0 Å². The summed E-state index contributed by atoms with van der Waals surface area (Å²) in [6, 6.07) is 16.5. The number of amides is 2. The van der Waals surface area contributed by atoms with Gasteiger partial charge in [-0.15, -0.1) is 0 Å². The van der Waals surface area contributed by atoms with Gasteiger partial charge in [0.25, 0.3) is 0 Å². The molecule has 0 atom stereocenters. The van der Waals surface area contributed by atoms with Crippen LogP contribution in [0.4, 0.5) is 4.79 Å². The minimum Gasteiger partial charge on any atom is -0.493 e. The summed E-state index contributed by atoms with van der Waals surface area (Å²) in [5.74, 6) is 1.42. The summed E-state index contributed by atoms with van der Waals surface area (Å²) in [5, 5.41) is 3.28. The van der Waals surface area contributed by atoms with Gasteiger partial charge in [-0.3, -0.25) is 0 Å². The molecule has 0 spiro atoms. The SMILES string of the molecule is COc1ccc(CCN(C/C(C)=C/c2ccccc2)C(=O)NC2CCCCC2)cc1OC. The highest BCUT2D eigenvalue weighted by atomic mass is 16.5. The van der Waals surface area contributed by atoms with Gasteiger partial charge in [0.1, 0.15) is 0 Å². The molecule has 5 heteroatoms. The quantitative estimate of drug-likeness (QED) is 0.549. The van der Waals surface area contributed by atoms with Gasteiger partial charge in [0, 0.05) is 19.1 Å². The summed E-state index contributed by atoms with van der Waals surface area (Å²) in [6.07, 6.45) is 8.72. The molecule has 1 N–H and O–H groups in total. The Balaban J connectivity index is 1.70. The summed E-state index contributed by atoms with van der Waals surface area (Å²) in [5.41, 5.74) is 3.42. The number of urea groups is 1. The zero-order chi connectivity index (χ0) is 22.8. The molecular weight excluding hydrogens is 400 g/mol. The second-order valence-electron chi connectivity index (χ2n) is 8.55. The van der Waals surface area contributed by atoms with Crippen molar-refractivity contribution in [3.8, 4) is 11.5 Å². The number of ether oxygens (including phenoxy) is 2. The lowest BCUT2D eigenvalue weighted by Crippen LogP contribution is -2.46. The van der Waals surface area contributed by atoms with Crippen molar-refractivity contribution in [1.29, 1.82) is 0 Å². The molecule has 3 rings (SSSR count). The molecule has 0 saturated heterocycles. The van der Waals surface area contributed by atoms with Gasteiger partial charge in [-0.25, -0.2) is 4.79 Å². The van der Waals surface area contributed by atoms with Crippen LogP contribution < -0.4 is 14.8 Å². The van der Waals surface area contributed by atoms with Crippen molar-refractivity contribution in [2.45, 2.75) is 51.5 Å². The molecule has 2 amide bonds. The van der Waals surface area contributed by atoms with Crippen LogP contribution in [-0.2, 0) is 6.42 Å². The first kappa shape index (κ1) is 23.7. The predicted molar refractivity (Wildman–Crippen MR) is 130 cm³/mol. The van der Waals surface area contributed by atoms with Crippen LogP contribution in [0.1, 0.15) is 50.2 Å². The van der Waals surface area contributed by atoms with E-state index in [-0.39, 0.29) is 6.03 Å². The van der Waals surface area contributed by atoms with E-state index >= 15 is 0 Å². The lowest BCUT2D eigenvalue weighted by atomic mass is 9.96. The Morgan fingerprint density at radius 1 is 1.03 bits per heavy atom. The highest BCUT2D eigenvalue weighted by Gasteiger charge is 2.20. The van der Waals surface area contributed by atoms with Crippen LogP contribution in [0.3, 0.4) is 0 Å². The molecular formula is C27H36N2O3. The number of rotatable bonds is 9. The number of methoxy groups -OCH3 is 2. The van der Waals surface area contributed by atoms with Crippen molar-refractivity contribution < 1.29 is 14.3 Å². The summed E-state index contributed by atoms with van der Waals surface area (Å²) in [4.78, 5) is 15.1. The van der Waals surface area contributed by atoms with Crippen LogP contribution in [0.25, 0.3) is 6.08 Å². The van der Waals surface area contributed by atoms with Gasteiger partial charge >= 0.3 is 6.03 Å². The van der Waals surface area contributed by atoms with Crippen LogP contribution in [-0.4, -0.2) is 44.3 Å². The Morgan fingerprint density at radius 2 is 1.75 bits per heavy atom. The molecule has 0 heterocycles. The molecule has 0 unspecified atom stereocenters. The Labute approximate surface area is 192 Å². The van der Waals surface area contributed by atoms with Crippen LogP contribution in [0.2, 0.25) is 0 Å². The summed E-state index contributed by atoms with van der Waals surface area (Å²) >= 11 is 0. The maximum atomic E-state index is 13.2. The van der Waals surface area contributed by atoms with Crippen molar-refractivity contribution >= 4 is 12.1 Å². The predicted octanol–water partition coefficient (Wildman–Crippen LogP) is 5.69. The fourth-order valence-electron chi connectivity index (χ4n) is 4.25. The highest BCUT2D eigenvalue weighted by molar-refractivity contribution is 5.75. The maximum Gasteiger partial charge on any atom is 0.317 e. The smallest absolute Gasteiger partial charge is 0.317 e. The Bertz CT molecular complexity index is 889. The minimum atomic E-state index is 0.0261. The maximum absolute atomic E-state index is 13.2. The van der Waals surface area contributed by atoms with E-state index < -0.39 is 0 Å². The summed E-state index contributed by atoms with van der Waals surface area (Å²) in [7, 11) is 3.28. The van der Waals surface area contributed by atoms with E-state index in [1.54, 1.807) is 14.2 Å². The zero-order valence-corrected chi connectivity index (χ0v) is 19.6. The molecule has 1 aliphatic carbocycles. The number of nitrogens with one attached hydrogen (secondary N) is 1.